The number of carboxylic acid groups (broad SMARTS) is 1. The van der Waals surface area contributed by atoms with Crippen LogP contribution in [0.1, 0.15) is 37.7 Å². The summed E-state index contributed by atoms with van der Waals surface area (Å²) in [6.45, 7) is 0. The van der Waals surface area contributed by atoms with Crippen LogP contribution in [0.15, 0.2) is 18.3 Å². The second kappa shape index (κ2) is 5.30. The molecule has 0 radical (unpaired) electrons. The molecule has 1 heterocycles. The first-order chi connectivity index (χ1) is 9.35. The van der Waals surface area contributed by atoms with Gasteiger partial charge in [0.25, 0.3) is 0 Å². The van der Waals surface area contributed by atoms with Gasteiger partial charge < -0.3 is 10.4 Å². The smallest absolute Gasteiger partial charge is 0.419 e. The van der Waals surface area contributed by atoms with Crippen molar-refractivity contribution in [1.82, 2.24) is 4.98 Å². The Morgan fingerprint density at radius 1 is 1.30 bits per heavy atom. The van der Waals surface area contributed by atoms with Crippen molar-refractivity contribution in [3.8, 4) is 0 Å². The van der Waals surface area contributed by atoms with Crippen molar-refractivity contribution in [3.05, 3.63) is 23.9 Å². The van der Waals surface area contributed by atoms with Gasteiger partial charge in [-0.3, -0.25) is 0 Å². The molecule has 0 atom stereocenters. The minimum Gasteiger partial charge on any atom is -0.480 e. The molecule has 0 aromatic carbocycles. The number of carboxylic acids is 1. The van der Waals surface area contributed by atoms with Crippen LogP contribution in [0.2, 0.25) is 0 Å². The van der Waals surface area contributed by atoms with Crippen LogP contribution in [0.25, 0.3) is 0 Å². The third kappa shape index (κ3) is 2.86. The van der Waals surface area contributed by atoms with E-state index in [1.807, 2.05) is 0 Å². The number of alkyl halides is 3. The van der Waals surface area contributed by atoms with Gasteiger partial charge in [0.05, 0.1) is 5.56 Å². The van der Waals surface area contributed by atoms with Crippen LogP contribution in [-0.2, 0) is 11.0 Å². The maximum absolute atomic E-state index is 12.9. The summed E-state index contributed by atoms with van der Waals surface area (Å²) in [5.74, 6) is -1.54. The summed E-state index contributed by atoms with van der Waals surface area (Å²) in [4.78, 5) is 15.1. The molecule has 0 unspecified atom stereocenters. The minimum atomic E-state index is -4.56. The Morgan fingerprint density at radius 2 is 1.95 bits per heavy atom. The zero-order chi connectivity index (χ0) is 14.8. The molecule has 1 saturated carbocycles. The molecular weight excluding hydrogens is 273 g/mol. The number of halogens is 3. The third-order valence-corrected chi connectivity index (χ3v) is 3.59. The molecule has 1 aromatic heterocycles. The Labute approximate surface area is 114 Å². The van der Waals surface area contributed by atoms with Gasteiger partial charge in [0, 0.05) is 6.20 Å². The molecule has 1 aromatic rings. The van der Waals surface area contributed by atoms with E-state index >= 15 is 0 Å². The fourth-order valence-electron chi connectivity index (χ4n) is 2.51. The number of pyridine rings is 1. The largest absolute Gasteiger partial charge is 0.480 e. The first kappa shape index (κ1) is 14.6. The SMILES string of the molecule is O=C(O)C1(Nc2ncccc2C(F)(F)F)CCCCC1. The molecule has 4 nitrogen and oxygen atoms in total. The fourth-order valence-corrected chi connectivity index (χ4v) is 2.51. The lowest BCUT2D eigenvalue weighted by molar-refractivity contribution is -0.144. The number of nitrogens with one attached hydrogen (secondary N) is 1. The normalized spacial score (nSPS) is 18.6. The minimum absolute atomic E-state index is 0.302. The molecule has 1 aliphatic rings. The number of nitrogens with zero attached hydrogens (tertiary/aromatic N) is 1. The van der Waals surface area contributed by atoms with Gasteiger partial charge in [-0.25, -0.2) is 9.78 Å². The van der Waals surface area contributed by atoms with Gasteiger partial charge in [0.2, 0.25) is 0 Å². The van der Waals surface area contributed by atoms with E-state index in [1.165, 1.54) is 12.3 Å². The van der Waals surface area contributed by atoms with Crippen LogP contribution >= 0.6 is 0 Å². The Kier molecular flexibility index (Phi) is 3.87. The van der Waals surface area contributed by atoms with Crippen LogP contribution in [0.5, 0.6) is 0 Å². The molecule has 0 aliphatic heterocycles. The quantitative estimate of drug-likeness (QED) is 0.895. The van der Waals surface area contributed by atoms with E-state index in [1.54, 1.807) is 0 Å². The highest BCUT2D eigenvalue weighted by molar-refractivity contribution is 5.82. The maximum Gasteiger partial charge on any atom is 0.419 e. The predicted octanol–water partition coefficient (Wildman–Crippen LogP) is 3.30. The molecule has 0 spiro atoms. The van der Waals surface area contributed by atoms with Crippen LogP contribution < -0.4 is 5.32 Å². The number of carbonyl (C=O) groups is 1. The lowest BCUT2D eigenvalue weighted by Crippen LogP contribution is -2.48. The van der Waals surface area contributed by atoms with Crippen molar-refractivity contribution < 1.29 is 23.1 Å². The molecule has 0 bridgehead atoms. The van der Waals surface area contributed by atoms with Crippen LogP contribution in [0.3, 0.4) is 0 Å². The third-order valence-electron chi connectivity index (χ3n) is 3.59. The van der Waals surface area contributed by atoms with Crippen molar-refractivity contribution in [2.75, 3.05) is 5.32 Å². The molecule has 0 amide bonds. The van der Waals surface area contributed by atoms with E-state index < -0.39 is 29.1 Å². The van der Waals surface area contributed by atoms with Gasteiger partial charge in [-0.05, 0) is 25.0 Å². The summed E-state index contributed by atoms with van der Waals surface area (Å²) >= 11 is 0. The number of hydrogen-bond acceptors (Lipinski definition) is 3. The predicted molar refractivity (Wildman–Crippen MR) is 66.3 cm³/mol. The van der Waals surface area contributed by atoms with Crippen LogP contribution in [0.4, 0.5) is 19.0 Å². The summed E-state index contributed by atoms with van der Waals surface area (Å²) < 4.78 is 38.7. The summed E-state index contributed by atoms with van der Waals surface area (Å²) in [7, 11) is 0. The van der Waals surface area contributed by atoms with Gasteiger partial charge in [-0.15, -0.1) is 0 Å². The summed E-state index contributed by atoms with van der Waals surface area (Å²) in [5, 5.41) is 11.9. The number of hydrogen-bond donors (Lipinski definition) is 2. The van der Waals surface area contributed by atoms with E-state index in [0.29, 0.717) is 25.7 Å². The summed E-state index contributed by atoms with van der Waals surface area (Å²) in [6, 6.07) is 2.08. The molecule has 7 heteroatoms. The van der Waals surface area contributed by atoms with Gasteiger partial charge in [-0.2, -0.15) is 13.2 Å². The van der Waals surface area contributed by atoms with Crippen molar-refractivity contribution in [2.45, 2.75) is 43.8 Å². The molecule has 1 fully saturated rings. The lowest BCUT2D eigenvalue weighted by atomic mass is 9.81. The van der Waals surface area contributed by atoms with Gasteiger partial charge >= 0.3 is 12.1 Å². The van der Waals surface area contributed by atoms with E-state index in [2.05, 4.69) is 10.3 Å². The van der Waals surface area contributed by atoms with E-state index in [4.69, 9.17) is 0 Å². The second-order valence-corrected chi connectivity index (χ2v) is 4.97. The first-order valence-electron chi connectivity index (χ1n) is 6.39. The topological polar surface area (TPSA) is 62.2 Å². The first-order valence-corrected chi connectivity index (χ1v) is 6.39. The van der Waals surface area contributed by atoms with Crippen LogP contribution in [-0.4, -0.2) is 21.6 Å². The Bertz CT molecular complexity index is 497. The van der Waals surface area contributed by atoms with E-state index in [0.717, 1.165) is 12.5 Å². The molecule has 20 heavy (non-hydrogen) atoms. The van der Waals surface area contributed by atoms with Gasteiger partial charge in [0.15, 0.2) is 0 Å². The van der Waals surface area contributed by atoms with Crippen molar-refractivity contribution in [2.24, 2.45) is 0 Å². The number of aliphatic carboxylic acids is 1. The summed E-state index contributed by atoms with van der Waals surface area (Å²) in [6.07, 6.45) is -0.501. The highest BCUT2D eigenvalue weighted by Crippen LogP contribution is 2.37. The maximum atomic E-state index is 12.9. The van der Waals surface area contributed by atoms with Crippen LogP contribution in [0, 0.1) is 0 Å². The molecule has 110 valence electrons. The Balaban J connectivity index is 2.35. The lowest BCUT2D eigenvalue weighted by Gasteiger charge is -2.35. The van der Waals surface area contributed by atoms with Crippen molar-refractivity contribution >= 4 is 11.8 Å². The zero-order valence-corrected chi connectivity index (χ0v) is 10.7. The number of rotatable bonds is 3. The molecule has 0 saturated heterocycles. The average Bonchev–Trinajstić information content (AvgIpc) is 2.39. The highest BCUT2D eigenvalue weighted by atomic mass is 19.4. The fraction of sp³-hybridized carbons (Fsp3) is 0.538. The highest BCUT2D eigenvalue weighted by Gasteiger charge is 2.42. The number of aromatic nitrogens is 1. The molecular formula is C13H15F3N2O2. The van der Waals surface area contributed by atoms with E-state index in [-0.39, 0.29) is 0 Å². The molecule has 1 aliphatic carbocycles. The van der Waals surface area contributed by atoms with E-state index in [9.17, 15) is 23.1 Å². The van der Waals surface area contributed by atoms with Crippen molar-refractivity contribution in [3.63, 3.8) is 0 Å². The monoisotopic (exact) mass is 288 g/mol. The molecule has 2 N–H and O–H groups in total. The average molecular weight is 288 g/mol. The number of anilines is 1. The Morgan fingerprint density at radius 3 is 2.50 bits per heavy atom. The summed E-state index contributed by atoms with van der Waals surface area (Å²) in [5.41, 5.74) is -2.29. The Hall–Kier alpha value is -1.79. The van der Waals surface area contributed by atoms with Crippen molar-refractivity contribution in [1.29, 1.82) is 0 Å². The van der Waals surface area contributed by atoms with Gasteiger partial charge in [-0.1, -0.05) is 19.3 Å². The van der Waals surface area contributed by atoms with Gasteiger partial charge in [0.1, 0.15) is 11.4 Å². The second-order valence-electron chi connectivity index (χ2n) is 4.97. The zero-order valence-electron chi connectivity index (χ0n) is 10.7. The molecule has 2 rings (SSSR count). The standard InChI is InChI=1S/C13H15F3N2O2/c14-13(15,16)9-5-4-8-17-10(9)18-12(11(19)20)6-2-1-3-7-12/h4-5,8H,1-3,6-7H2,(H,17,18)(H,19,20).